The van der Waals surface area contributed by atoms with Crippen LogP contribution >= 0.6 is 11.6 Å². The Labute approximate surface area is 126 Å². The van der Waals surface area contributed by atoms with Crippen LogP contribution in [0.25, 0.3) is 0 Å². The molecule has 2 N–H and O–H groups in total. The van der Waals surface area contributed by atoms with Crippen LogP contribution in [0, 0.1) is 0 Å². The lowest BCUT2D eigenvalue weighted by Gasteiger charge is -2.26. The van der Waals surface area contributed by atoms with Crippen molar-refractivity contribution in [3.05, 3.63) is 12.4 Å². The standard InChI is InChI=1S/C13H25ClN4O2/c1-7-18(10(2)17-11(14)15-6)9-8-16-12(19)20-13(3,4)5/h2,7-9H2,1,3-6H3,(H,15,17)(H,16,19). The number of nitrogens with zero attached hydrogens (tertiary/aromatic N) is 2. The molecule has 0 saturated heterocycles. The highest BCUT2D eigenvalue weighted by atomic mass is 35.5. The number of rotatable bonds is 6. The summed E-state index contributed by atoms with van der Waals surface area (Å²) >= 11 is 5.78. The van der Waals surface area contributed by atoms with E-state index in [1.165, 1.54) is 0 Å². The van der Waals surface area contributed by atoms with Crippen LogP contribution in [-0.2, 0) is 4.74 Å². The Morgan fingerprint density at radius 3 is 2.50 bits per heavy atom. The van der Waals surface area contributed by atoms with Gasteiger partial charge in [-0.1, -0.05) is 6.58 Å². The molecule has 20 heavy (non-hydrogen) atoms. The smallest absolute Gasteiger partial charge is 0.407 e. The molecule has 0 radical (unpaired) electrons. The third-order valence-corrected chi connectivity index (χ3v) is 2.52. The van der Waals surface area contributed by atoms with Gasteiger partial charge in [-0.3, -0.25) is 4.99 Å². The second kappa shape index (κ2) is 8.68. The monoisotopic (exact) mass is 304 g/mol. The van der Waals surface area contributed by atoms with Gasteiger partial charge in [0.1, 0.15) is 11.4 Å². The highest BCUT2D eigenvalue weighted by molar-refractivity contribution is 6.64. The topological polar surface area (TPSA) is 66.0 Å². The Kier molecular flexibility index (Phi) is 8.06. The zero-order valence-electron chi connectivity index (χ0n) is 12.9. The van der Waals surface area contributed by atoms with Crippen molar-refractivity contribution in [1.82, 2.24) is 15.5 Å². The van der Waals surface area contributed by atoms with E-state index in [0.29, 0.717) is 18.9 Å². The molecule has 0 spiro atoms. The summed E-state index contributed by atoms with van der Waals surface area (Å²) in [6.45, 7) is 13.1. The summed E-state index contributed by atoms with van der Waals surface area (Å²) < 4.78 is 5.15. The lowest BCUT2D eigenvalue weighted by atomic mass is 10.2. The highest BCUT2D eigenvalue weighted by Gasteiger charge is 2.16. The number of alkyl carbamates (subject to hydrolysis) is 1. The number of amidine groups is 1. The second-order valence-electron chi connectivity index (χ2n) is 5.09. The summed E-state index contributed by atoms with van der Waals surface area (Å²) in [5, 5.41) is 5.82. The maximum absolute atomic E-state index is 11.5. The molecule has 0 rings (SSSR count). The number of ether oxygens (including phenoxy) is 1. The van der Waals surface area contributed by atoms with E-state index in [4.69, 9.17) is 16.3 Å². The van der Waals surface area contributed by atoms with Gasteiger partial charge in [0.2, 0.25) is 0 Å². The SMILES string of the molecule is C=C(NC(Cl)=NC)N(CC)CCNC(=O)OC(C)(C)C. The molecule has 116 valence electrons. The van der Waals surface area contributed by atoms with E-state index >= 15 is 0 Å². The van der Waals surface area contributed by atoms with Crippen LogP contribution in [-0.4, -0.2) is 48.6 Å². The van der Waals surface area contributed by atoms with Crippen LogP contribution in [0.4, 0.5) is 4.79 Å². The van der Waals surface area contributed by atoms with Crippen molar-refractivity contribution in [1.29, 1.82) is 0 Å². The van der Waals surface area contributed by atoms with Gasteiger partial charge in [-0.05, 0) is 39.3 Å². The Balaban J connectivity index is 4.14. The van der Waals surface area contributed by atoms with E-state index in [9.17, 15) is 4.79 Å². The van der Waals surface area contributed by atoms with Crippen molar-refractivity contribution in [2.45, 2.75) is 33.3 Å². The number of aliphatic imine (C=N–C) groups is 1. The Morgan fingerprint density at radius 1 is 1.45 bits per heavy atom. The third kappa shape index (κ3) is 8.63. The fraction of sp³-hybridized carbons (Fsp3) is 0.692. The lowest BCUT2D eigenvalue weighted by molar-refractivity contribution is 0.0524. The van der Waals surface area contributed by atoms with Gasteiger partial charge in [0.05, 0.1) is 0 Å². The lowest BCUT2D eigenvalue weighted by Crippen LogP contribution is -2.40. The molecule has 0 aliphatic heterocycles. The fourth-order valence-electron chi connectivity index (χ4n) is 1.35. The minimum absolute atomic E-state index is 0.272. The quantitative estimate of drug-likeness (QED) is 0.448. The van der Waals surface area contributed by atoms with E-state index < -0.39 is 11.7 Å². The summed E-state index contributed by atoms with van der Waals surface area (Å²) in [4.78, 5) is 17.2. The number of halogens is 1. The van der Waals surface area contributed by atoms with Crippen LogP contribution < -0.4 is 10.6 Å². The molecule has 0 aromatic rings. The Morgan fingerprint density at radius 2 is 2.05 bits per heavy atom. The predicted molar refractivity (Wildman–Crippen MR) is 83.0 cm³/mol. The normalized spacial score (nSPS) is 11.8. The molecule has 0 fully saturated rings. The van der Waals surface area contributed by atoms with Crippen LogP contribution in [0.15, 0.2) is 17.4 Å². The maximum Gasteiger partial charge on any atom is 0.407 e. The van der Waals surface area contributed by atoms with Gasteiger partial charge in [0.25, 0.3) is 0 Å². The minimum Gasteiger partial charge on any atom is -0.444 e. The van der Waals surface area contributed by atoms with Crippen molar-refractivity contribution in [3.63, 3.8) is 0 Å². The molecule has 0 aliphatic rings. The van der Waals surface area contributed by atoms with Crippen molar-refractivity contribution in [2.75, 3.05) is 26.7 Å². The second-order valence-corrected chi connectivity index (χ2v) is 5.45. The number of hydrogen-bond acceptors (Lipinski definition) is 4. The predicted octanol–water partition coefficient (Wildman–Crippen LogP) is 2.12. The number of likely N-dealkylation sites (N-methyl/N-ethyl adjacent to an activating group) is 1. The van der Waals surface area contributed by atoms with Crippen LogP contribution in [0.5, 0.6) is 0 Å². The number of nitrogens with one attached hydrogen (secondary N) is 2. The van der Waals surface area contributed by atoms with Gasteiger partial charge in [-0.15, -0.1) is 0 Å². The van der Waals surface area contributed by atoms with Gasteiger partial charge in [-0.2, -0.15) is 0 Å². The third-order valence-electron chi connectivity index (χ3n) is 2.26. The van der Waals surface area contributed by atoms with Crippen molar-refractivity contribution >= 4 is 23.0 Å². The molecule has 0 unspecified atom stereocenters. The van der Waals surface area contributed by atoms with Crippen molar-refractivity contribution in [2.24, 2.45) is 4.99 Å². The molecule has 0 aliphatic carbocycles. The van der Waals surface area contributed by atoms with Crippen LogP contribution in [0.1, 0.15) is 27.7 Å². The molecule has 0 heterocycles. The number of carbonyl (C=O) groups excluding carboxylic acids is 1. The molecule has 1 amide bonds. The largest absolute Gasteiger partial charge is 0.444 e. The molecular weight excluding hydrogens is 280 g/mol. The fourth-order valence-corrected chi connectivity index (χ4v) is 1.45. The molecule has 0 saturated carbocycles. The van der Waals surface area contributed by atoms with Crippen molar-refractivity contribution < 1.29 is 9.53 Å². The van der Waals surface area contributed by atoms with E-state index in [2.05, 4.69) is 22.2 Å². The molecule has 7 heteroatoms. The summed E-state index contributed by atoms with van der Waals surface area (Å²) in [5.41, 5.74) is -0.495. The average molecular weight is 305 g/mol. The van der Waals surface area contributed by atoms with Gasteiger partial charge in [0.15, 0.2) is 5.29 Å². The maximum atomic E-state index is 11.5. The van der Waals surface area contributed by atoms with E-state index in [-0.39, 0.29) is 5.29 Å². The first kappa shape index (κ1) is 18.6. The van der Waals surface area contributed by atoms with E-state index in [1.807, 2.05) is 32.6 Å². The minimum atomic E-state index is -0.495. The highest BCUT2D eigenvalue weighted by Crippen LogP contribution is 2.06. The van der Waals surface area contributed by atoms with E-state index in [0.717, 1.165) is 6.54 Å². The molecule has 0 atom stereocenters. The zero-order valence-corrected chi connectivity index (χ0v) is 13.7. The molecular formula is C13H25ClN4O2. The first-order chi connectivity index (χ1) is 9.19. The van der Waals surface area contributed by atoms with E-state index in [1.54, 1.807) is 7.05 Å². The summed E-state index contributed by atoms with van der Waals surface area (Å²) in [6, 6.07) is 0. The molecule has 6 nitrogen and oxygen atoms in total. The number of carbonyl (C=O) groups is 1. The van der Waals surface area contributed by atoms with Gasteiger partial charge in [-0.25, -0.2) is 4.79 Å². The van der Waals surface area contributed by atoms with Crippen LogP contribution in [0.2, 0.25) is 0 Å². The van der Waals surface area contributed by atoms with Gasteiger partial charge >= 0.3 is 6.09 Å². The van der Waals surface area contributed by atoms with Crippen molar-refractivity contribution in [3.8, 4) is 0 Å². The summed E-state index contributed by atoms with van der Waals surface area (Å²) in [7, 11) is 1.59. The average Bonchev–Trinajstić information content (AvgIpc) is 2.32. The Bertz CT molecular complexity index is 364. The van der Waals surface area contributed by atoms with Gasteiger partial charge in [0, 0.05) is 26.7 Å². The molecule has 0 bridgehead atoms. The Hall–Kier alpha value is -1.43. The first-order valence-electron chi connectivity index (χ1n) is 6.49. The van der Waals surface area contributed by atoms with Crippen LogP contribution in [0.3, 0.4) is 0 Å². The number of hydrogen-bond donors (Lipinski definition) is 2. The number of amides is 1. The first-order valence-corrected chi connectivity index (χ1v) is 6.87. The molecule has 0 aromatic heterocycles. The van der Waals surface area contributed by atoms with Gasteiger partial charge < -0.3 is 20.3 Å². The summed E-state index contributed by atoms with van der Waals surface area (Å²) in [6.07, 6.45) is -0.430. The summed E-state index contributed by atoms with van der Waals surface area (Å²) in [5.74, 6) is 0.633. The zero-order chi connectivity index (χ0) is 15.8. The molecule has 0 aromatic carbocycles.